The first-order valence-electron chi connectivity index (χ1n) is 9.92. The number of amides is 1. The van der Waals surface area contributed by atoms with E-state index in [0.29, 0.717) is 24.2 Å². The van der Waals surface area contributed by atoms with Crippen molar-refractivity contribution in [3.8, 4) is 0 Å². The van der Waals surface area contributed by atoms with Crippen LogP contribution in [0.1, 0.15) is 35.7 Å². The molecule has 150 valence electrons. The summed E-state index contributed by atoms with van der Waals surface area (Å²) in [5.41, 5.74) is 2.98. The van der Waals surface area contributed by atoms with Gasteiger partial charge in [-0.05, 0) is 59.9 Å². The summed E-state index contributed by atoms with van der Waals surface area (Å²) in [5.74, 6) is -0.0283. The Morgan fingerprint density at radius 3 is 2.69 bits per heavy atom. The molecular formula is C23H24N2O3S. The summed E-state index contributed by atoms with van der Waals surface area (Å²) in [5, 5.41) is 4.89. The number of anilines is 2. The molecule has 4 rings (SSSR count). The molecule has 29 heavy (non-hydrogen) atoms. The van der Waals surface area contributed by atoms with Crippen LogP contribution in [0.15, 0.2) is 60.7 Å². The lowest BCUT2D eigenvalue weighted by atomic mass is 10.0. The van der Waals surface area contributed by atoms with Crippen LogP contribution in [0, 0.1) is 0 Å². The summed E-state index contributed by atoms with van der Waals surface area (Å²) in [4.78, 5) is 12.9. The van der Waals surface area contributed by atoms with Gasteiger partial charge in [0.05, 0.1) is 11.4 Å². The molecule has 0 fully saturated rings. The molecule has 0 saturated carbocycles. The van der Waals surface area contributed by atoms with Gasteiger partial charge < -0.3 is 5.32 Å². The minimum atomic E-state index is -3.30. The topological polar surface area (TPSA) is 66.5 Å². The Bertz CT molecular complexity index is 1170. The maximum Gasteiger partial charge on any atom is 0.256 e. The summed E-state index contributed by atoms with van der Waals surface area (Å²) in [6, 6.07) is 18.9. The molecule has 0 bridgehead atoms. The van der Waals surface area contributed by atoms with Crippen molar-refractivity contribution in [1.29, 1.82) is 0 Å². The lowest BCUT2D eigenvalue weighted by molar-refractivity contribution is 0.102. The molecule has 1 aliphatic heterocycles. The zero-order valence-electron chi connectivity index (χ0n) is 16.4. The third-order valence-corrected chi connectivity index (χ3v) is 7.22. The Morgan fingerprint density at radius 1 is 1.07 bits per heavy atom. The zero-order valence-corrected chi connectivity index (χ0v) is 17.2. The molecule has 5 nitrogen and oxygen atoms in total. The van der Waals surface area contributed by atoms with Crippen LogP contribution in [0.2, 0.25) is 0 Å². The van der Waals surface area contributed by atoms with Gasteiger partial charge in [-0.2, -0.15) is 0 Å². The molecule has 6 heteroatoms. The third-order valence-electron chi connectivity index (χ3n) is 5.25. The highest BCUT2D eigenvalue weighted by Crippen LogP contribution is 2.32. The molecule has 0 spiro atoms. The minimum absolute atomic E-state index is 0.145. The standard InChI is InChI=1S/C23H24N2O3S/c1-2-15-29(27,28)25-14-6-9-18-16-19(12-13-22(18)25)24-23(26)21-11-5-8-17-7-3-4-10-20(17)21/h3-5,7-8,10-13,16H,2,6,9,14-15H2,1H3,(H,24,26). The van der Waals surface area contributed by atoms with Gasteiger partial charge in [-0.3, -0.25) is 9.10 Å². The molecule has 3 aromatic rings. The van der Waals surface area contributed by atoms with Crippen LogP contribution in [0.4, 0.5) is 11.4 Å². The molecule has 0 atom stereocenters. The van der Waals surface area contributed by atoms with Crippen molar-refractivity contribution in [3.05, 3.63) is 71.8 Å². The Hall–Kier alpha value is -2.86. The fourth-order valence-electron chi connectivity index (χ4n) is 3.92. The number of hydrogen-bond donors (Lipinski definition) is 1. The molecule has 0 unspecified atom stereocenters. The van der Waals surface area contributed by atoms with Gasteiger partial charge in [0.1, 0.15) is 0 Å². The van der Waals surface area contributed by atoms with E-state index >= 15 is 0 Å². The maximum absolute atomic E-state index is 12.9. The van der Waals surface area contributed by atoms with Gasteiger partial charge in [0.25, 0.3) is 5.91 Å². The minimum Gasteiger partial charge on any atom is -0.322 e. The van der Waals surface area contributed by atoms with E-state index in [-0.39, 0.29) is 11.7 Å². The van der Waals surface area contributed by atoms with Gasteiger partial charge in [-0.25, -0.2) is 8.42 Å². The average molecular weight is 409 g/mol. The van der Waals surface area contributed by atoms with E-state index in [1.807, 2.05) is 55.5 Å². The number of rotatable bonds is 5. The second kappa shape index (κ2) is 7.87. The van der Waals surface area contributed by atoms with Crippen molar-refractivity contribution in [2.24, 2.45) is 0 Å². The quantitative estimate of drug-likeness (QED) is 0.672. The highest BCUT2D eigenvalue weighted by molar-refractivity contribution is 7.92. The van der Waals surface area contributed by atoms with Crippen LogP contribution in [-0.2, 0) is 16.4 Å². The smallest absolute Gasteiger partial charge is 0.256 e. The fraction of sp³-hybridized carbons (Fsp3) is 0.261. The molecule has 0 radical (unpaired) electrons. The monoisotopic (exact) mass is 408 g/mol. The SMILES string of the molecule is CCCS(=O)(=O)N1CCCc2cc(NC(=O)c3cccc4ccccc34)ccc21. The number of carbonyl (C=O) groups excluding carboxylic acids is 1. The van der Waals surface area contributed by atoms with E-state index in [2.05, 4.69) is 5.32 Å². The predicted molar refractivity (Wildman–Crippen MR) is 118 cm³/mol. The largest absolute Gasteiger partial charge is 0.322 e. The molecule has 0 saturated heterocycles. The first kappa shape index (κ1) is 19.5. The summed E-state index contributed by atoms with van der Waals surface area (Å²) in [6.07, 6.45) is 2.16. The number of hydrogen-bond acceptors (Lipinski definition) is 3. The lowest BCUT2D eigenvalue weighted by Gasteiger charge is -2.30. The normalized spacial score (nSPS) is 13.9. The van der Waals surface area contributed by atoms with Crippen LogP contribution in [0.25, 0.3) is 10.8 Å². The molecule has 1 N–H and O–H groups in total. The molecule has 0 aromatic heterocycles. The Kier molecular flexibility index (Phi) is 5.28. The maximum atomic E-state index is 12.9. The van der Waals surface area contributed by atoms with Gasteiger partial charge >= 0.3 is 0 Å². The molecule has 1 amide bonds. The highest BCUT2D eigenvalue weighted by Gasteiger charge is 2.27. The number of aryl methyl sites for hydroxylation is 1. The summed E-state index contributed by atoms with van der Waals surface area (Å²) in [7, 11) is -3.30. The van der Waals surface area contributed by atoms with Crippen molar-refractivity contribution in [2.45, 2.75) is 26.2 Å². The van der Waals surface area contributed by atoms with Crippen LogP contribution in [0.3, 0.4) is 0 Å². The fourth-order valence-corrected chi connectivity index (χ4v) is 5.54. The van der Waals surface area contributed by atoms with Gasteiger partial charge in [0.15, 0.2) is 0 Å². The van der Waals surface area contributed by atoms with E-state index in [1.165, 1.54) is 4.31 Å². The van der Waals surface area contributed by atoms with Crippen molar-refractivity contribution in [2.75, 3.05) is 21.9 Å². The third kappa shape index (κ3) is 3.85. The number of nitrogens with zero attached hydrogens (tertiary/aromatic N) is 1. The van der Waals surface area contributed by atoms with E-state index < -0.39 is 10.0 Å². The molecule has 1 heterocycles. The van der Waals surface area contributed by atoms with Crippen LogP contribution >= 0.6 is 0 Å². The molecule has 0 aliphatic carbocycles. The van der Waals surface area contributed by atoms with Crippen LogP contribution in [0.5, 0.6) is 0 Å². The number of fused-ring (bicyclic) bond motifs is 2. The van der Waals surface area contributed by atoms with Gasteiger partial charge in [0, 0.05) is 17.8 Å². The number of benzene rings is 3. The summed E-state index contributed by atoms with van der Waals surface area (Å²) >= 11 is 0. The van der Waals surface area contributed by atoms with E-state index in [0.717, 1.165) is 34.9 Å². The van der Waals surface area contributed by atoms with E-state index in [4.69, 9.17) is 0 Å². The Morgan fingerprint density at radius 2 is 1.86 bits per heavy atom. The predicted octanol–water partition coefficient (Wildman–Crippen LogP) is 4.58. The highest BCUT2D eigenvalue weighted by atomic mass is 32.2. The van der Waals surface area contributed by atoms with Gasteiger partial charge in [0.2, 0.25) is 10.0 Å². The first-order chi connectivity index (χ1) is 14.0. The zero-order chi connectivity index (χ0) is 20.4. The first-order valence-corrected chi connectivity index (χ1v) is 11.5. The summed E-state index contributed by atoms with van der Waals surface area (Å²) in [6.45, 7) is 2.38. The van der Waals surface area contributed by atoms with Crippen molar-refractivity contribution < 1.29 is 13.2 Å². The average Bonchev–Trinajstić information content (AvgIpc) is 2.72. The summed E-state index contributed by atoms with van der Waals surface area (Å²) < 4.78 is 26.7. The van der Waals surface area contributed by atoms with Crippen molar-refractivity contribution in [3.63, 3.8) is 0 Å². The Balaban J connectivity index is 1.62. The second-order valence-corrected chi connectivity index (χ2v) is 9.33. The molecule has 3 aromatic carbocycles. The van der Waals surface area contributed by atoms with E-state index in [1.54, 1.807) is 12.1 Å². The van der Waals surface area contributed by atoms with Gasteiger partial charge in [-0.15, -0.1) is 0 Å². The van der Waals surface area contributed by atoms with Crippen molar-refractivity contribution >= 4 is 38.1 Å². The Labute approximate surface area is 171 Å². The number of carbonyl (C=O) groups is 1. The molecule has 1 aliphatic rings. The number of nitrogens with one attached hydrogen (secondary N) is 1. The molecular weight excluding hydrogens is 384 g/mol. The van der Waals surface area contributed by atoms with Gasteiger partial charge in [-0.1, -0.05) is 43.3 Å². The van der Waals surface area contributed by atoms with E-state index in [9.17, 15) is 13.2 Å². The second-order valence-electron chi connectivity index (χ2n) is 7.32. The van der Waals surface area contributed by atoms with Crippen molar-refractivity contribution in [1.82, 2.24) is 0 Å². The lowest BCUT2D eigenvalue weighted by Crippen LogP contribution is -2.37. The number of sulfonamides is 1. The van der Waals surface area contributed by atoms with Crippen LogP contribution in [-0.4, -0.2) is 26.6 Å². The van der Waals surface area contributed by atoms with Crippen LogP contribution < -0.4 is 9.62 Å².